The van der Waals surface area contributed by atoms with Crippen molar-refractivity contribution < 1.29 is 9.84 Å². The van der Waals surface area contributed by atoms with E-state index < -0.39 is 5.60 Å². The Balaban J connectivity index is 1.86. The van der Waals surface area contributed by atoms with Gasteiger partial charge in [0.2, 0.25) is 0 Å². The van der Waals surface area contributed by atoms with Gasteiger partial charge in [-0.3, -0.25) is 4.90 Å². The fourth-order valence-corrected chi connectivity index (χ4v) is 3.20. The third-order valence-corrected chi connectivity index (χ3v) is 4.59. The highest BCUT2D eigenvalue weighted by Gasteiger charge is 2.25. The first kappa shape index (κ1) is 22.6. The molecule has 1 fully saturated rings. The van der Waals surface area contributed by atoms with Crippen LogP contribution in [0.3, 0.4) is 0 Å². The molecule has 0 bridgehead atoms. The Morgan fingerprint density at radius 1 is 1.18 bits per heavy atom. The molecule has 2 rings (SSSR count). The van der Waals surface area contributed by atoms with E-state index in [1.807, 2.05) is 13.8 Å². The Hall–Kier alpha value is -1.67. The molecular weight excluding hydrogens is 354 g/mol. The van der Waals surface area contributed by atoms with Crippen LogP contribution in [0.2, 0.25) is 0 Å². The van der Waals surface area contributed by atoms with E-state index in [2.05, 4.69) is 63.8 Å². The van der Waals surface area contributed by atoms with E-state index in [4.69, 9.17) is 4.74 Å². The van der Waals surface area contributed by atoms with E-state index in [9.17, 15) is 5.11 Å². The van der Waals surface area contributed by atoms with E-state index in [1.54, 1.807) is 0 Å². The van der Waals surface area contributed by atoms with E-state index in [0.29, 0.717) is 19.6 Å². The molecule has 0 aromatic heterocycles. The highest BCUT2D eigenvalue weighted by molar-refractivity contribution is 5.79. The van der Waals surface area contributed by atoms with Gasteiger partial charge in [0.25, 0.3) is 0 Å². The summed E-state index contributed by atoms with van der Waals surface area (Å²) < 4.78 is 5.37. The summed E-state index contributed by atoms with van der Waals surface area (Å²) in [6.07, 6.45) is 0. The highest BCUT2D eigenvalue weighted by atomic mass is 16.5. The largest absolute Gasteiger partial charge is 0.387 e. The second kappa shape index (κ2) is 11.4. The minimum atomic E-state index is -0.832. The molecule has 158 valence electrons. The molecule has 1 aliphatic rings. The molecule has 28 heavy (non-hydrogen) atoms. The first-order valence-electron chi connectivity index (χ1n) is 10.1. The molecule has 0 saturated carbocycles. The first-order valence-corrected chi connectivity index (χ1v) is 10.1. The normalized spacial score (nSPS) is 18.1. The van der Waals surface area contributed by atoms with Crippen molar-refractivity contribution in [3.05, 3.63) is 35.4 Å². The molecule has 0 amide bonds. The zero-order valence-electron chi connectivity index (χ0n) is 17.9. The van der Waals surface area contributed by atoms with E-state index in [-0.39, 0.29) is 0 Å². The van der Waals surface area contributed by atoms with Crippen LogP contribution in [0.1, 0.15) is 25.0 Å². The summed E-state index contributed by atoms with van der Waals surface area (Å²) in [6.45, 7) is 10.5. The van der Waals surface area contributed by atoms with Gasteiger partial charge < -0.3 is 25.4 Å². The molecule has 7 heteroatoms. The number of guanidine groups is 1. The minimum absolute atomic E-state index is 0.442. The fourth-order valence-electron chi connectivity index (χ4n) is 3.20. The predicted molar refractivity (Wildman–Crippen MR) is 115 cm³/mol. The van der Waals surface area contributed by atoms with Gasteiger partial charge in [-0.05, 0) is 39.1 Å². The van der Waals surface area contributed by atoms with Crippen molar-refractivity contribution in [3.63, 3.8) is 0 Å². The lowest BCUT2D eigenvalue weighted by Crippen LogP contribution is -2.52. The fraction of sp³-hybridized carbons (Fsp3) is 0.667. The van der Waals surface area contributed by atoms with Crippen molar-refractivity contribution in [2.24, 2.45) is 4.99 Å². The maximum Gasteiger partial charge on any atom is 0.191 e. The number of morpholine rings is 1. The number of nitrogens with zero attached hydrogens (tertiary/aromatic N) is 3. The molecule has 0 aliphatic carbocycles. The van der Waals surface area contributed by atoms with Gasteiger partial charge in [0.05, 0.1) is 25.4 Å². The Morgan fingerprint density at radius 3 is 2.43 bits per heavy atom. The van der Waals surface area contributed by atoms with Crippen molar-refractivity contribution in [1.82, 2.24) is 20.4 Å². The summed E-state index contributed by atoms with van der Waals surface area (Å²) >= 11 is 0. The second-order valence-corrected chi connectivity index (χ2v) is 7.99. The molecule has 3 N–H and O–H groups in total. The van der Waals surface area contributed by atoms with Gasteiger partial charge in [-0.15, -0.1) is 0 Å². The quantitative estimate of drug-likeness (QED) is 0.429. The lowest BCUT2D eigenvalue weighted by atomic mass is 10.1. The summed E-state index contributed by atoms with van der Waals surface area (Å²) in [5, 5.41) is 17.3. The van der Waals surface area contributed by atoms with Crippen molar-refractivity contribution in [2.45, 2.75) is 32.5 Å². The number of hydrogen-bond donors (Lipinski definition) is 3. The SMILES string of the molecule is CCNC(=NCc1ccc(CN(C)C)cc1)NCC(C)(O)CN1CCOCC1. The predicted octanol–water partition coefficient (Wildman–Crippen LogP) is 0.887. The van der Waals surface area contributed by atoms with Crippen LogP contribution in [0, 0.1) is 0 Å². The van der Waals surface area contributed by atoms with Gasteiger partial charge in [0.1, 0.15) is 0 Å². The standard InChI is InChI=1S/C21H37N5O2/c1-5-22-20(23-14-18-6-8-19(9-7-18)15-25(3)4)24-16-21(2,27)17-26-10-12-28-13-11-26/h6-9,27H,5,10-17H2,1-4H3,(H2,22,23,24). The zero-order chi connectivity index (χ0) is 20.4. The zero-order valence-corrected chi connectivity index (χ0v) is 17.9. The molecule has 7 nitrogen and oxygen atoms in total. The average molecular weight is 392 g/mol. The Labute approximate surface area is 169 Å². The van der Waals surface area contributed by atoms with Crippen molar-refractivity contribution >= 4 is 5.96 Å². The maximum atomic E-state index is 10.7. The average Bonchev–Trinajstić information content (AvgIpc) is 2.65. The maximum absolute atomic E-state index is 10.7. The number of β-amino-alcohol motifs (C(OH)–C–C–N with tert-alkyl or cyclic N) is 1. The monoisotopic (exact) mass is 391 g/mol. The number of nitrogens with one attached hydrogen (secondary N) is 2. The van der Waals surface area contributed by atoms with Crippen molar-refractivity contribution in [3.8, 4) is 0 Å². The van der Waals surface area contributed by atoms with Crippen LogP contribution < -0.4 is 10.6 Å². The molecule has 0 radical (unpaired) electrons. The molecule has 0 spiro atoms. The van der Waals surface area contributed by atoms with E-state index in [0.717, 1.165) is 45.4 Å². The summed E-state index contributed by atoms with van der Waals surface area (Å²) in [7, 11) is 4.14. The lowest BCUT2D eigenvalue weighted by Gasteiger charge is -2.34. The van der Waals surface area contributed by atoms with Crippen molar-refractivity contribution in [2.75, 3.05) is 60.0 Å². The molecule has 1 heterocycles. The highest BCUT2D eigenvalue weighted by Crippen LogP contribution is 2.09. The lowest BCUT2D eigenvalue weighted by molar-refractivity contribution is -0.0201. The van der Waals surface area contributed by atoms with Crippen LogP contribution in [-0.4, -0.2) is 86.5 Å². The van der Waals surface area contributed by atoms with Gasteiger partial charge in [-0.2, -0.15) is 0 Å². The molecule has 1 aliphatic heterocycles. The van der Waals surface area contributed by atoms with Crippen LogP contribution in [-0.2, 0) is 17.8 Å². The van der Waals surface area contributed by atoms with Crippen molar-refractivity contribution in [1.29, 1.82) is 0 Å². The van der Waals surface area contributed by atoms with E-state index >= 15 is 0 Å². The topological polar surface area (TPSA) is 72.4 Å². The number of hydrogen-bond acceptors (Lipinski definition) is 5. The number of aliphatic imine (C=N–C) groups is 1. The third kappa shape index (κ3) is 8.56. The third-order valence-electron chi connectivity index (χ3n) is 4.59. The summed E-state index contributed by atoms with van der Waals surface area (Å²) in [5.74, 6) is 0.724. The van der Waals surface area contributed by atoms with Gasteiger partial charge in [-0.25, -0.2) is 4.99 Å². The van der Waals surface area contributed by atoms with Crippen LogP contribution in [0.4, 0.5) is 0 Å². The van der Waals surface area contributed by atoms with Gasteiger partial charge >= 0.3 is 0 Å². The smallest absolute Gasteiger partial charge is 0.191 e. The van der Waals surface area contributed by atoms with E-state index in [1.165, 1.54) is 11.1 Å². The first-order chi connectivity index (χ1) is 13.4. The number of benzene rings is 1. The summed E-state index contributed by atoms with van der Waals surface area (Å²) in [4.78, 5) is 9.06. The molecule has 1 aromatic rings. The summed E-state index contributed by atoms with van der Waals surface area (Å²) in [5.41, 5.74) is 1.63. The molecule has 1 unspecified atom stereocenters. The second-order valence-electron chi connectivity index (χ2n) is 7.99. The van der Waals surface area contributed by atoms with Crippen LogP contribution in [0.25, 0.3) is 0 Å². The Kier molecular flexibility index (Phi) is 9.18. The number of ether oxygens (including phenoxy) is 1. The summed E-state index contributed by atoms with van der Waals surface area (Å²) in [6, 6.07) is 8.55. The van der Waals surface area contributed by atoms with Gasteiger partial charge in [0.15, 0.2) is 5.96 Å². The van der Waals surface area contributed by atoms with Crippen LogP contribution >= 0.6 is 0 Å². The Bertz CT molecular complexity index is 595. The van der Waals surface area contributed by atoms with Crippen LogP contribution in [0.15, 0.2) is 29.3 Å². The number of aliphatic hydroxyl groups is 1. The minimum Gasteiger partial charge on any atom is -0.387 e. The number of rotatable bonds is 9. The van der Waals surface area contributed by atoms with Gasteiger partial charge in [0, 0.05) is 39.3 Å². The molecule has 1 aromatic carbocycles. The Morgan fingerprint density at radius 2 is 1.82 bits per heavy atom. The van der Waals surface area contributed by atoms with Gasteiger partial charge in [-0.1, -0.05) is 24.3 Å². The van der Waals surface area contributed by atoms with Crippen LogP contribution in [0.5, 0.6) is 0 Å². The molecular formula is C21H37N5O2. The molecule has 1 atom stereocenters. The molecule has 1 saturated heterocycles.